The molecule has 4 rings (SSSR count). The lowest BCUT2D eigenvalue weighted by molar-refractivity contribution is 0.0874. The van der Waals surface area contributed by atoms with Crippen LogP contribution in [0.4, 0.5) is 0 Å². The van der Waals surface area contributed by atoms with Gasteiger partial charge in [-0.2, -0.15) is 0 Å². The summed E-state index contributed by atoms with van der Waals surface area (Å²) in [6.07, 6.45) is 9.61. The number of pyridine rings is 1. The largest absolute Gasteiger partial charge is 0.496 e. The monoisotopic (exact) mass is 366 g/mol. The summed E-state index contributed by atoms with van der Waals surface area (Å²) in [5.41, 5.74) is 0.532. The van der Waals surface area contributed by atoms with Crippen LogP contribution < -0.4 is 10.1 Å². The van der Waals surface area contributed by atoms with E-state index in [9.17, 15) is 9.90 Å². The first kappa shape index (κ1) is 17.5. The van der Waals surface area contributed by atoms with E-state index in [1.165, 1.54) is 0 Å². The van der Waals surface area contributed by atoms with Gasteiger partial charge in [-0.05, 0) is 37.0 Å². The van der Waals surface area contributed by atoms with Gasteiger partial charge in [0, 0.05) is 47.7 Å². The van der Waals surface area contributed by atoms with Crippen LogP contribution in [0, 0.1) is 5.92 Å². The van der Waals surface area contributed by atoms with E-state index in [4.69, 9.17) is 4.74 Å². The lowest BCUT2D eigenvalue weighted by Crippen LogP contribution is -2.40. The lowest BCUT2D eigenvalue weighted by atomic mass is 10.0. The number of ether oxygens (including phenoxy) is 1. The molecule has 0 aliphatic heterocycles. The zero-order valence-corrected chi connectivity index (χ0v) is 15.1. The average Bonchev–Trinajstić information content (AvgIpc) is 3.31. The maximum absolute atomic E-state index is 12.9. The summed E-state index contributed by atoms with van der Waals surface area (Å²) < 4.78 is 7.37. The molecule has 1 aliphatic rings. The third kappa shape index (κ3) is 3.50. The van der Waals surface area contributed by atoms with Gasteiger partial charge in [-0.1, -0.05) is 0 Å². The molecule has 7 nitrogen and oxygen atoms in total. The number of aliphatic hydroxyl groups excluding tert-OH is 1. The van der Waals surface area contributed by atoms with Crippen LogP contribution in [0.15, 0.2) is 49.3 Å². The van der Waals surface area contributed by atoms with E-state index in [0.717, 1.165) is 23.7 Å². The number of nitrogens with zero attached hydrogens (tertiary/aromatic N) is 3. The van der Waals surface area contributed by atoms with Crippen molar-refractivity contribution in [3.63, 3.8) is 0 Å². The van der Waals surface area contributed by atoms with Crippen molar-refractivity contribution in [1.29, 1.82) is 0 Å². The van der Waals surface area contributed by atoms with Gasteiger partial charge < -0.3 is 19.7 Å². The summed E-state index contributed by atoms with van der Waals surface area (Å²) in [7, 11) is 1.60. The minimum absolute atomic E-state index is 0.206. The second-order valence-electron chi connectivity index (χ2n) is 6.98. The fraction of sp³-hybridized carbons (Fsp3) is 0.350. The van der Waals surface area contributed by atoms with Gasteiger partial charge >= 0.3 is 0 Å². The van der Waals surface area contributed by atoms with Crippen molar-refractivity contribution < 1.29 is 14.6 Å². The van der Waals surface area contributed by atoms with Gasteiger partial charge in [-0.15, -0.1) is 0 Å². The number of carbonyl (C=O) groups excluding carboxylic acids is 1. The highest BCUT2D eigenvalue weighted by Gasteiger charge is 2.34. The number of fused-ring (bicyclic) bond motifs is 1. The summed E-state index contributed by atoms with van der Waals surface area (Å²) >= 11 is 0. The third-order valence-electron chi connectivity index (χ3n) is 5.21. The van der Waals surface area contributed by atoms with Gasteiger partial charge in [0.15, 0.2) is 0 Å². The summed E-state index contributed by atoms with van der Waals surface area (Å²) in [4.78, 5) is 21.1. The van der Waals surface area contributed by atoms with Gasteiger partial charge in [-0.3, -0.25) is 9.78 Å². The molecule has 1 aromatic carbocycles. The molecule has 0 bridgehead atoms. The first-order valence-corrected chi connectivity index (χ1v) is 9.01. The Morgan fingerprint density at radius 1 is 1.26 bits per heavy atom. The van der Waals surface area contributed by atoms with E-state index in [1.807, 2.05) is 16.8 Å². The number of methoxy groups -OCH3 is 1. The van der Waals surface area contributed by atoms with Gasteiger partial charge in [0.25, 0.3) is 5.91 Å². The molecule has 1 saturated carbocycles. The molecule has 1 fully saturated rings. The Morgan fingerprint density at radius 2 is 2.15 bits per heavy atom. The molecule has 27 heavy (non-hydrogen) atoms. The number of nitrogens with one attached hydrogen (secondary N) is 1. The highest BCUT2D eigenvalue weighted by Crippen LogP contribution is 2.30. The number of rotatable bonds is 5. The fourth-order valence-electron chi connectivity index (χ4n) is 3.90. The molecule has 1 aliphatic carbocycles. The first-order chi connectivity index (χ1) is 13.2. The Morgan fingerprint density at radius 3 is 2.93 bits per heavy atom. The summed E-state index contributed by atoms with van der Waals surface area (Å²) in [5.74, 6) is 0.794. The van der Waals surface area contributed by atoms with Crippen molar-refractivity contribution in [3.05, 3.63) is 54.9 Å². The lowest BCUT2D eigenvalue weighted by Gasteiger charge is -2.17. The molecule has 140 valence electrons. The molecule has 0 saturated heterocycles. The molecule has 3 aromatic rings. The van der Waals surface area contributed by atoms with Gasteiger partial charge in [0.1, 0.15) is 5.75 Å². The molecule has 7 heteroatoms. The number of benzene rings is 1. The predicted molar refractivity (Wildman–Crippen MR) is 101 cm³/mol. The van der Waals surface area contributed by atoms with Crippen molar-refractivity contribution in [2.24, 2.45) is 5.92 Å². The van der Waals surface area contributed by atoms with Crippen LogP contribution in [0.3, 0.4) is 0 Å². The van der Waals surface area contributed by atoms with Crippen LogP contribution in [-0.4, -0.2) is 44.8 Å². The standard InChI is InChI=1S/C20H22N4O3/c1-27-19-3-2-15(16-10-21-5-4-14(16)19)20(26)23-17-8-13(9-18(17)25)11-24-7-6-22-12-24/h2-7,10,12-13,17-18,25H,8-9,11H2,1H3,(H,23,26)/t13?,17-,18-/m1/s1. The number of aliphatic hydroxyl groups is 1. The van der Waals surface area contributed by atoms with Gasteiger partial charge in [0.2, 0.25) is 0 Å². The predicted octanol–water partition coefficient (Wildman–Crippen LogP) is 2.01. The molecule has 2 N–H and O–H groups in total. The summed E-state index contributed by atoms with van der Waals surface area (Å²) in [5, 5.41) is 15.0. The second kappa shape index (κ2) is 7.36. The van der Waals surface area contributed by atoms with E-state index in [2.05, 4.69) is 15.3 Å². The number of imidazole rings is 1. The molecule has 3 atom stereocenters. The van der Waals surface area contributed by atoms with Gasteiger partial charge in [0.05, 0.1) is 25.6 Å². The Labute approximate surface area is 157 Å². The minimum atomic E-state index is -0.551. The van der Waals surface area contributed by atoms with Crippen LogP contribution >= 0.6 is 0 Å². The van der Waals surface area contributed by atoms with E-state index >= 15 is 0 Å². The Kier molecular flexibility index (Phi) is 4.77. The molecular weight excluding hydrogens is 344 g/mol. The SMILES string of the molecule is COc1ccc(C(=O)N[C@@H]2CC(Cn3ccnc3)C[C@H]2O)c2cnccc12. The number of hydrogen-bond donors (Lipinski definition) is 2. The van der Waals surface area contributed by atoms with E-state index in [0.29, 0.717) is 23.7 Å². The van der Waals surface area contributed by atoms with Crippen LogP contribution in [0.25, 0.3) is 10.8 Å². The van der Waals surface area contributed by atoms with E-state index in [-0.39, 0.29) is 11.9 Å². The number of hydrogen-bond acceptors (Lipinski definition) is 5. The van der Waals surface area contributed by atoms with Crippen molar-refractivity contribution >= 4 is 16.7 Å². The summed E-state index contributed by atoms with van der Waals surface area (Å²) in [6, 6.07) is 5.09. The van der Waals surface area contributed by atoms with Gasteiger partial charge in [-0.25, -0.2) is 4.98 Å². The highest BCUT2D eigenvalue weighted by molar-refractivity contribution is 6.08. The smallest absolute Gasteiger partial charge is 0.252 e. The number of aromatic nitrogens is 3. The van der Waals surface area contributed by atoms with Crippen LogP contribution in [-0.2, 0) is 6.54 Å². The summed E-state index contributed by atoms with van der Waals surface area (Å²) in [6.45, 7) is 0.790. The molecular formula is C20H22N4O3. The van der Waals surface area contributed by atoms with E-state index < -0.39 is 6.10 Å². The van der Waals surface area contributed by atoms with Crippen molar-refractivity contribution in [2.75, 3.05) is 7.11 Å². The Balaban J connectivity index is 1.50. The van der Waals surface area contributed by atoms with Crippen molar-refractivity contribution in [2.45, 2.75) is 31.5 Å². The maximum Gasteiger partial charge on any atom is 0.252 e. The minimum Gasteiger partial charge on any atom is -0.496 e. The molecule has 1 unspecified atom stereocenters. The van der Waals surface area contributed by atoms with Crippen LogP contribution in [0.5, 0.6) is 5.75 Å². The molecule has 1 amide bonds. The quantitative estimate of drug-likeness (QED) is 0.721. The topological polar surface area (TPSA) is 89.3 Å². The molecule has 2 aromatic heterocycles. The highest BCUT2D eigenvalue weighted by atomic mass is 16.5. The number of amides is 1. The van der Waals surface area contributed by atoms with Crippen molar-refractivity contribution in [3.8, 4) is 5.75 Å². The molecule has 0 radical (unpaired) electrons. The first-order valence-electron chi connectivity index (χ1n) is 9.01. The Hall–Kier alpha value is -2.93. The fourth-order valence-corrected chi connectivity index (χ4v) is 3.90. The number of carbonyl (C=O) groups is 1. The normalized spacial score (nSPS) is 22.1. The second-order valence-corrected chi connectivity index (χ2v) is 6.98. The zero-order valence-electron chi connectivity index (χ0n) is 15.1. The molecule has 0 spiro atoms. The van der Waals surface area contributed by atoms with E-state index in [1.54, 1.807) is 44.2 Å². The van der Waals surface area contributed by atoms with Crippen LogP contribution in [0.2, 0.25) is 0 Å². The zero-order chi connectivity index (χ0) is 18.8. The average molecular weight is 366 g/mol. The molecule has 2 heterocycles. The Bertz CT molecular complexity index is 942. The maximum atomic E-state index is 12.9. The van der Waals surface area contributed by atoms with Crippen LogP contribution in [0.1, 0.15) is 23.2 Å². The third-order valence-corrected chi connectivity index (χ3v) is 5.21. The van der Waals surface area contributed by atoms with Crippen molar-refractivity contribution in [1.82, 2.24) is 19.9 Å².